The number of thioether (sulfide) groups is 1. The van der Waals surface area contributed by atoms with Gasteiger partial charge in [0.1, 0.15) is 0 Å². The van der Waals surface area contributed by atoms with E-state index in [1.807, 2.05) is 18.7 Å². The number of rotatable bonds is 9. The highest BCUT2D eigenvalue weighted by Crippen LogP contribution is 2.55. The first-order valence-electron chi connectivity index (χ1n) is 4.36. The number of hydrogen-bond donors (Lipinski definition) is 1. The van der Waals surface area contributed by atoms with Gasteiger partial charge in [0, 0.05) is 11.5 Å². The van der Waals surface area contributed by atoms with Crippen molar-refractivity contribution in [2.75, 3.05) is 23.9 Å². The Hall–Kier alpha value is 1.20. The molecule has 0 saturated carbocycles. The minimum absolute atomic E-state index is 0.640. The maximum absolute atomic E-state index is 5.52. The molecule has 14 heavy (non-hydrogen) atoms. The average Bonchev–Trinajstić information content (AvgIpc) is 2.13. The van der Waals surface area contributed by atoms with Gasteiger partial charge in [-0.05, 0) is 24.5 Å². The number of nitrogens with one attached hydrogen (secondary N) is 1. The Kier molecular flexibility index (Phi) is 10.2. The SMILES string of the molecule is CCOP(=S)(NC=S)SCCSCC. The van der Waals surface area contributed by atoms with E-state index in [9.17, 15) is 0 Å². The Balaban J connectivity index is 3.83. The maximum atomic E-state index is 5.52. The first-order chi connectivity index (χ1) is 6.68. The standard InChI is InChI=1S/C7H16NOPS4/c1-3-9-10(12,8-7-11)14-6-5-13-4-2/h7H,3-6H2,1-2H3,(H,8,11,12). The molecule has 84 valence electrons. The van der Waals surface area contributed by atoms with Gasteiger partial charge in [-0.3, -0.25) is 0 Å². The largest absolute Gasteiger partial charge is 0.327 e. The summed E-state index contributed by atoms with van der Waals surface area (Å²) in [4.78, 5) is 0. The molecule has 0 aliphatic heterocycles. The molecule has 0 aromatic carbocycles. The van der Waals surface area contributed by atoms with Crippen LogP contribution in [0, 0.1) is 0 Å². The molecule has 2 nitrogen and oxygen atoms in total. The van der Waals surface area contributed by atoms with Crippen LogP contribution in [0.25, 0.3) is 0 Å². The monoisotopic (exact) mass is 289 g/mol. The van der Waals surface area contributed by atoms with E-state index in [0.29, 0.717) is 6.61 Å². The van der Waals surface area contributed by atoms with Gasteiger partial charge in [-0.25, -0.2) is 0 Å². The molecule has 1 unspecified atom stereocenters. The molecule has 0 aromatic rings. The lowest BCUT2D eigenvalue weighted by atomic mass is 10.9. The van der Waals surface area contributed by atoms with Crippen molar-refractivity contribution in [2.45, 2.75) is 13.8 Å². The fourth-order valence-electron chi connectivity index (χ4n) is 0.707. The van der Waals surface area contributed by atoms with Crippen LogP contribution in [0.15, 0.2) is 0 Å². The van der Waals surface area contributed by atoms with Crippen molar-refractivity contribution in [3.63, 3.8) is 0 Å². The van der Waals surface area contributed by atoms with Crippen LogP contribution in [0.1, 0.15) is 13.8 Å². The Morgan fingerprint density at radius 1 is 1.43 bits per heavy atom. The lowest BCUT2D eigenvalue weighted by Crippen LogP contribution is -2.07. The average molecular weight is 289 g/mol. The molecular weight excluding hydrogens is 273 g/mol. The zero-order chi connectivity index (χ0) is 10.9. The highest BCUT2D eigenvalue weighted by Gasteiger charge is 2.15. The van der Waals surface area contributed by atoms with Crippen molar-refractivity contribution in [1.29, 1.82) is 0 Å². The fraction of sp³-hybridized carbons (Fsp3) is 0.857. The normalized spacial score (nSPS) is 14.7. The van der Waals surface area contributed by atoms with E-state index < -0.39 is 5.62 Å². The molecule has 7 heteroatoms. The lowest BCUT2D eigenvalue weighted by Gasteiger charge is -2.19. The number of hydrogen-bond acceptors (Lipinski definition) is 5. The second-order valence-corrected chi connectivity index (χ2v) is 10.6. The van der Waals surface area contributed by atoms with Gasteiger partial charge in [0.15, 0.2) is 0 Å². The van der Waals surface area contributed by atoms with Crippen molar-refractivity contribution < 1.29 is 4.52 Å². The minimum Gasteiger partial charge on any atom is -0.327 e. The first-order valence-corrected chi connectivity index (χ1v) is 10.3. The van der Waals surface area contributed by atoms with Crippen molar-refractivity contribution in [3.05, 3.63) is 0 Å². The summed E-state index contributed by atoms with van der Waals surface area (Å²) in [5.41, 5.74) is -0.464. The van der Waals surface area contributed by atoms with Crippen molar-refractivity contribution in [1.82, 2.24) is 5.09 Å². The predicted octanol–water partition coefficient (Wildman–Crippen LogP) is 3.28. The molecule has 0 aromatic heterocycles. The molecule has 0 bridgehead atoms. The van der Waals surface area contributed by atoms with Gasteiger partial charge in [-0.1, -0.05) is 30.5 Å². The van der Waals surface area contributed by atoms with Crippen molar-refractivity contribution in [3.8, 4) is 0 Å². The minimum atomic E-state index is -1.93. The van der Waals surface area contributed by atoms with E-state index in [1.165, 1.54) is 5.49 Å². The van der Waals surface area contributed by atoms with Crippen LogP contribution >= 0.6 is 41.0 Å². The van der Waals surface area contributed by atoms with E-state index in [2.05, 4.69) is 12.0 Å². The summed E-state index contributed by atoms with van der Waals surface area (Å²) < 4.78 is 5.52. The lowest BCUT2D eigenvalue weighted by molar-refractivity contribution is 0.383. The van der Waals surface area contributed by atoms with Crippen LogP contribution in [-0.2, 0) is 16.3 Å². The zero-order valence-corrected chi connectivity index (χ0v) is 12.6. The van der Waals surface area contributed by atoms with E-state index in [-0.39, 0.29) is 0 Å². The van der Waals surface area contributed by atoms with Crippen LogP contribution in [0.2, 0.25) is 0 Å². The van der Waals surface area contributed by atoms with Gasteiger partial charge in [0.05, 0.1) is 12.1 Å². The molecule has 0 aliphatic rings. The maximum Gasteiger partial charge on any atom is 0.210 e. The third-order valence-corrected chi connectivity index (χ3v) is 8.21. The Morgan fingerprint density at radius 2 is 2.14 bits per heavy atom. The van der Waals surface area contributed by atoms with Crippen LogP contribution in [-0.4, -0.2) is 29.4 Å². The molecular formula is C7H16NOPS4. The van der Waals surface area contributed by atoms with E-state index >= 15 is 0 Å². The van der Waals surface area contributed by atoms with Crippen LogP contribution < -0.4 is 5.09 Å². The van der Waals surface area contributed by atoms with Gasteiger partial charge < -0.3 is 9.61 Å². The van der Waals surface area contributed by atoms with Gasteiger partial charge in [-0.2, -0.15) is 11.8 Å². The molecule has 0 spiro atoms. The smallest absolute Gasteiger partial charge is 0.210 e. The molecule has 1 N–H and O–H groups in total. The Morgan fingerprint density at radius 3 is 2.64 bits per heavy atom. The number of thiocarbonyl (C=S) groups is 1. The first kappa shape index (κ1) is 15.2. The van der Waals surface area contributed by atoms with Crippen molar-refractivity contribution in [2.24, 2.45) is 0 Å². The summed E-state index contributed by atoms with van der Waals surface area (Å²) in [6.07, 6.45) is 0. The van der Waals surface area contributed by atoms with Crippen LogP contribution in [0.5, 0.6) is 0 Å². The molecule has 0 heterocycles. The molecule has 0 fully saturated rings. The third-order valence-electron chi connectivity index (χ3n) is 1.20. The zero-order valence-electron chi connectivity index (χ0n) is 8.39. The highest BCUT2D eigenvalue weighted by atomic mass is 32.9. The Labute approximate surface area is 105 Å². The summed E-state index contributed by atoms with van der Waals surface area (Å²) in [6.45, 7) is 4.75. The highest BCUT2D eigenvalue weighted by molar-refractivity contribution is 8.69. The topological polar surface area (TPSA) is 21.3 Å². The Bertz CT molecular complexity index is 202. The second kappa shape index (κ2) is 9.43. The van der Waals surface area contributed by atoms with Gasteiger partial charge in [-0.15, -0.1) is 0 Å². The predicted molar refractivity (Wildman–Crippen MR) is 78.2 cm³/mol. The molecule has 0 saturated heterocycles. The van der Waals surface area contributed by atoms with Crippen LogP contribution in [0.4, 0.5) is 0 Å². The van der Waals surface area contributed by atoms with E-state index in [4.69, 9.17) is 28.5 Å². The summed E-state index contributed by atoms with van der Waals surface area (Å²) >= 11 is 13.7. The van der Waals surface area contributed by atoms with Crippen LogP contribution in [0.3, 0.4) is 0 Å². The van der Waals surface area contributed by atoms with E-state index in [1.54, 1.807) is 11.4 Å². The summed E-state index contributed by atoms with van der Waals surface area (Å²) in [7, 11) is 0. The van der Waals surface area contributed by atoms with Crippen molar-refractivity contribution >= 4 is 58.3 Å². The van der Waals surface area contributed by atoms with Gasteiger partial charge >= 0.3 is 0 Å². The van der Waals surface area contributed by atoms with Gasteiger partial charge in [0.25, 0.3) is 0 Å². The molecule has 0 rings (SSSR count). The summed E-state index contributed by atoms with van der Waals surface area (Å²) in [6, 6.07) is 0. The van der Waals surface area contributed by atoms with Gasteiger partial charge in [0.2, 0.25) is 5.62 Å². The fourth-order valence-corrected chi connectivity index (χ4v) is 7.00. The molecule has 0 radical (unpaired) electrons. The second-order valence-electron chi connectivity index (χ2n) is 2.19. The third kappa shape index (κ3) is 7.49. The molecule has 0 amide bonds. The van der Waals surface area contributed by atoms with E-state index in [0.717, 1.165) is 17.3 Å². The summed E-state index contributed by atoms with van der Waals surface area (Å²) in [5, 5.41) is 2.98. The molecule has 0 aliphatic carbocycles. The molecule has 1 atom stereocenters. The summed E-state index contributed by atoms with van der Waals surface area (Å²) in [5.74, 6) is 3.29. The quantitative estimate of drug-likeness (QED) is 0.397.